The average Bonchev–Trinajstić information content (AvgIpc) is 3.10. The summed E-state index contributed by atoms with van der Waals surface area (Å²) in [5, 5.41) is 3.26. The van der Waals surface area contributed by atoms with Gasteiger partial charge in [0.05, 0.1) is 18.8 Å². The van der Waals surface area contributed by atoms with Crippen LogP contribution in [0.1, 0.15) is 52.0 Å². The molecule has 0 bridgehead atoms. The van der Waals surface area contributed by atoms with Crippen molar-refractivity contribution in [1.82, 2.24) is 5.16 Å². The van der Waals surface area contributed by atoms with Gasteiger partial charge in [-0.15, -0.1) is 0 Å². The van der Waals surface area contributed by atoms with Crippen LogP contribution in [0.15, 0.2) is 10.6 Å². The van der Waals surface area contributed by atoms with Crippen LogP contribution >= 0.6 is 0 Å². The number of carbonyl (C=O) groups excluding carboxylic acids is 2. The molecule has 2 heterocycles. The van der Waals surface area contributed by atoms with Crippen LogP contribution in [0.5, 0.6) is 0 Å². The van der Waals surface area contributed by atoms with Crippen molar-refractivity contribution in [2.75, 3.05) is 20.3 Å². The number of esters is 1. The molecule has 0 aliphatic carbocycles. The number of methoxy groups -OCH3 is 1. The number of ether oxygens (including phenoxy) is 2. The van der Waals surface area contributed by atoms with Crippen LogP contribution in [0.25, 0.3) is 0 Å². The molecule has 0 spiro atoms. The maximum Gasteiger partial charge on any atom is 0.317 e. The minimum Gasteiger partial charge on any atom is -0.468 e. The third-order valence-electron chi connectivity index (χ3n) is 5.22. The predicted molar refractivity (Wildman–Crippen MR) is 97.1 cm³/mol. The number of carbonyl (C=O) groups is 2. The molecule has 1 aliphatic heterocycles. The van der Waals surface area contributed by atoms with Crippen molar-refractivity contribution in [3.63, 3.8) is 0 Å². The van der Waals surface area contributed by atoms with Gasteiger partial charge in [0.15, 0.2) is 15.6 Å². The summed E-state index contributed by atoms with van der Waals surface area (Å²) in [5.41, 5.74) is -0.717. The molecule has 0 atom stereocenters. The van der Waals surface area contributed by atoms with E-state index in [0.717, 1.165) is 0 Å². The van der Waals surface area contributed by atoms with Crippen molar-refractivity contribution in [3.05, 3.63) is 17.5 Å². The minimum atomic E-state index is -3.69. The molecule has 0 aromatic carbocycles. The monoisotopic (exact) mass is 401 g/mol. The van der Waals surface area contributed by atoms with Gasteiger partial charge in [0.2, 0.25) is 0 Å². The predicted octanol–water partition coefficient (Wildman–Crippen LogP) is 1.61. The van der Waals surface area contributed by atoms with Crippen molar-refractivity contribution in [2.45, 2.75) is 62.4 Å². The minimum absolute atomic E-state index is 0.210. The second-order valence-corrected chi connectivity index (χ2v) is 10.5. The van der Waals surface area contributed by atoms with Gasteiger partial charge >= 0.3 is 5.97 Å². The molecule has 1 fully saturated rings. The molecule has 1 aromatic heterocycles. The normalized spacial score (nSPS) is 16.9. The number of hydrogen-bond acceptors (Lipinski definition) is 8. The summed E-state index contributed by atoms with van der Waals surface area (Å²) < 4.78 is 39.5. The van der Waals surface area contributed by atoms with Gasteiger partial charge in [-0.05, 0) is 40.5 Å². The van der Waals surface area contributed by atoms with E-state index in [-0.39, 0.29) is 12.2 Å². The highest BCUT2D eigenvalue weighted by Crippen LogP contribution is 2.30. The van der Waals surface area contributed by atoms with E-state index in [1.165, 1.54) is 27.0 Å². The zero-order valence-corrected chi connectivity index (χ0v) is 17.2. The maximum absolute atomic E-state index is 12.9. The van der Waals surface area contributed by atoms with E-state index in [0.29, 0.717) is 31.7 Å². The van der Waals surface area contributed by atoms with E-state index in [4.69, 9.17) is 14.0 Å². The Hall–Kier alpha value is -1.74. The molecule has 9 heteroatoms. The van der Waals surface area contributed by atoms with Crippen LogP contribution in [0.4, 0.5) is 0 Å². The van der Waals surface area contributed by atoms with Crippen LogP contribution in [0.3, 0.4) is 0 Å². The second-order valence-electron chi connectivity index (χ2n) is 7.76. The molecule has 1 aromatic rings. The van der Waals surface area contributed by atoms with Crippen molar-refractivity contribution >= 4 is 21.6 Å². The van der Waals surface area contributed by atoms with Gasteiger partial charge in [-0.2, -0.15) is 0 Å². The highest BCUT2D eigenvalue weighted by molar-refractivity contribution is 7.94. The molecule has 0 unspecified atom stereocenters. The van der Waals surface area contributed by atoms with E-state index >= 15 is 0 Å². The molecule has 1 saturated heterocycles. The molecule has 0 N–H and O–H groups in total. The average molecular weight is 401 g/mol. The van der Waals surface area contributed by atoms with Gasteiger partial charge in [0.25, 0.3) is 0 Å². The number of sulfone groups is 1. The number of ketones is 1. The molecule has 0 radical (unpaired) electrons. The lowest BCUT2D eigenvalue weighted by atomic mass is 9.89. The molecular formula is C18H27NO7S. The van der Waals surface area contributed by atoms with Gasteiger partial charge in [-0.1, -0.05) is 5.16 Å². The summed E-state index contributed by atoms with van der Waals surface area (Å²) in [4.78, 5) is 24.7. The van der Waals surface area contributed by atoms with Crippen molar-refractivity contribution < 1.29 is 32.0 Å². The summed E-state index contributed by atoms with van der Waals surface area (Å²) >= 11 is 0. The summed E-state index contributed by atoms with van der Waals surface area (Å²) in [5.74, 6) is -0.758. The molecule has 2 rings (SSSR count). The first kappa shape index (κ1) is 21.6. The molecule has 152 valence electrons. The van der Waals surface area contributed by atoms with Gasteiger partial charge in [0.1, 0.15) is 21.6 Å². The van der Waals surface area contributed by atoms with Crippen molar-refractivity contribution in [3.8, 4) is 0 Å². The Kier molecular flexibility index (Phi) is 6.16. The second kappa shape index (κ2) is 7.71. The van der Waals surface area contributed by atoms with Crippen LogP contribution in [0.2, 0.25) is 0 Å². The smallest absolute Gasteiger partial charge is 0.317 e. The molecule has 8 nitrogen and oxygen atoms in total. The summed E-state index contributed by atoms with van der Waals surface area (Å²) in [6.45, 7) is 6.86. The maximum atomic E-state index is 12.9. The van der Waals surface area contributed by atoms with Gasteiger partial charge in [0, 0.05) is 19.3 Å². The highest BCUT2D eigenvalue weighted by Gasteiger charge is 2.46. The number of rotatable bonds is 7. The largest absolute Gasteiger partial charge is 0.468 e. The van der Waals surface area contributed by atoms with Crippen molar-refractivity contribution in [1.29, 1.82) is 0 Å². The lowest BCUT2D eigenvalue weighted by Crippen LogP contribution is -2.48. The lowest BCUT2D eigenvalue weighted by molar-refractivity contribution is -0.146. The third-order valence-corrected chi connectivity index (χ3v) is 8.22. The Morgan fingerprint density at radius 3 is 2.37 bits per heavy atom. The topological polar surface area (TPSA) is 113 Å². The molecule has 1 aliphatic rings. The van der Waals surface area contributed by atoms with E-state index < -0.39 is 37.0 Å². The molecule has 0 saturated carbocycles. The number of aromatic nitrogens is 1. The van der Waals surface area contributed by atoms with Gasteiger partial charge < -0.3 is 14.0 Å². The zero-order chi connectivity index (χ0) is 20.5. The summed E-state index contributed by atoms with van der Waals surface area (Å²) in [6, 6.07) is 1.49. The molecular weight excluding hydrogens is 374 g/mol. The first-order chi connectivity index (χ1) is 12.4. The summed E-state index contributed by atoms with van der Waals surface area (Å²) in [6.07, 6.45) is 0.553. The Morgan fingerprint density at radius 1 is 1.22 bits per heavy atom. The van der Waals surface area contributed by atoms with E-state index in [1.807, 2.05) is 0 Å². The Balaban J connectivity index is 2.18. The quantitative estimate of drug-likeness (QED) is 0.633. The van der Waals surface area contributed by atoms with Crippen molar-refractivity contribution in [2.24, 2.45) is 0 Å². The van der Waals surface area contributed by atoms with Crippen LogP contribution in [-0.4, -0.2) is 55.6 Å². The first-order valence-electron chi connectivity index (χ1n) is 8.83. The molecule has 0 amide bonds. The first-order valence-corrected chi connectivity index (χ1v) is 10.4. The Morgan fingerprint density at radius 2 is 1.81 bits per heavy atom. The van der Waals surface area contributed by atoms with Crippen LogP contribution in [0, 0.1) is 0 Å². The van der Waals surface area contributed by atoms with E-state index in [1.54, 1.807) is 13.8 Å². The Bertz CT molecular complexity index is 801. The fraction of sp³-hybridized carbons (Fsp3) is 0.722. The standard InChI is InChI=1S/C18H27NO7S/c1-17(2,16(21)24-5)14-10-12(26-19-14)11-15(20)18(3,4)27(22,23)13-6-8-25-9-7-13/h10,13H,6-9,11H2,1-5H3. The summed E-state index contributed by atoms with van der Waals surface area (Å²) in [7, 11) is -2.41. The Labute approximate surface area is 159 Å². The zero-order valence-electron chi connectivity index (χ0n) is 16.4. The van der Waals surface area contributed by atoms with Crippen LogP contribution < -0.4 is 0 Å². The molecule has 27 heavy (non-hydrogen) atoms. The fourth-order valence-corrected chi connectivity index (χ4v) is 5.02. The van der Waals surface area contributed by atoms with Gasteiger partial charge in [-0.3, -0.25) is 9.59 Å². The highest BCUT2D eigenvalue weighted by atomic mass is 32.2. The van der Waals surface area contributed by atoms with E-state index in [2.05, 4.69) is 5.16 Å². The lowest BCUT2D eigenvalue weighted by Gasteiger charge is -2.30. The fourth-order valence-electron chi connectivity index (χ4n) is 2.98. The number of hydrogen-bond donors (Lipinski definition) is 0. The third kappa shape index (κ3) is 4.08. The van der Waals surface area contributed by atoms with Crippen LogP contribution in [-0.2, 0) is 40.7 Å². The number of Topliss-reactive ketones (excluding diaryl/α,β-unsaturated/α-hetero) is 1. The van der Waals surface area contributed by atoms with E-state index in [9.17, 15) is 18.0 Å². The number of nitrogens with zero attached hydrogens (tertiary/aromatic N) is 1. The SMILES string of the molecule is COC(=O)C(C)(C)c1cc(CC(=O)C(C)(C)S(=O)(=O)C2CCOCC2)on1. The van der Waals surface area contributed by atoms with Gasteiger partial charge in [-0.25, -0.2) is 8.42 Å².